The SMILES string of the molecule is CCCOc1ccc(C2/C(=C(\O)c3cc(C)ccc3C)C(=O)C(=O)N2Cc2ccco2)cc1. The number of benzene rings is 2. The average molecular weight is 446 g/mol. The lowest BCUT2D eigenvalue weighted by atomic mass is 9.93. The van der Waals surface area contributed by atoms with Gasteiger partial charge in [-0.05, 0) is 61.7 Å². The normalized spacial score (nSPS) is 17.5. The first kappa shape index (κ1) is 22.4. The summed E-state index contributed by atoms with van der Waals surface area (Å²) in [5.41, 5.74) is 3.08. The molecule has 170 valence electrons. The highest BCUT2D eigenvalue weighted by Crippen LogP contribution is 2.41. The fourth-order valence-electron chi connectivity index (χ4n) is 4.06. The van der Waals surface area contributed by atoms with E-state index in [0.717, 1.165) is 17.5 Å². The number of carbonyl (C=O) groups excluding carboxylic acids is 2. The van der Waals surface area contributed by atoms with E-state index in [1.165, 1.54) is 11.2 Å². The maximum atomic E-state index is 13.2. The summed E-state index contributed by atoms with van der Waals surface area (Å²) in [4.78, 5) is 27.7. The van der Waals surface area contributed by atoms with Gasteiger partial charge >= 0.3 is 0 Å². The third-order valence-electron chi connectivity index (χ3n) is 5.76. The largest absolute Gasteiger partial charge is 0.507 e. The summed E-state index contributed by atoms with van der Waals surface area (Å²) in [5.74, 6) is -0.298. The zero-order valence-corrected chi connectivity index (χ0v) is 19.0. The molecule has 1 aliphatic rings. The van der Waals surface area contributed by atoms with Crippen molar-refractivity contribution < 1.29 is 23.8 Å². The van der Waals surface area contributed by atoms with Gasteiger partial charge in [0.15, 0.2) is 0 Å². The van der Waals surface area contributed by atoms with Gasteiger partial charge in [-0.2, -0.15) is 0 Å². The average Bonchev–Trinajstić information content (AvgIpc) is 3.41. The van der Waals surface area contributed by atoms with Crippen molar-refractivity contribution in [2.45, 2.75) is 39.8 Å². The van der Waals surface area contributed by atoms with E-state index < -0.39 is 17.7 Å². The van der Waals surface area contributed by atoms with Crippen LogP contribution in [0.5, 0.6) is 5.75 Å². The molecule has 4 rings (SSSR count). The van der Waals surface area contributed by atoms with Crippen molar-refractivity contribution in [2.75, 3.05) is 6.61 Å². The zero-order valence-electron chi connectivity index (χ0n) is 19.0. The number of amides is 1. The minimum Gasteiger partial charge on any atom is -0.507 e. The molecule has 6 nitrogen and oxygen atoms in total. The van der Waals surface area contributed by atoms with E-state index in [2.05, 4.69) is 0 Å². The molecule has 3 aromatic rings. The van der Waals surface area contributed by atoms with Gasteiger partial charge < -0.3 is 19.2 Å². The van der Waals surface area contributed by atoms with Crippen molar-refractivity contribution in [3.8, 4) is 5.75 Å². The summed E-state index contributed by atoms with van der Waals surface area (Å²) in [6.45, 7) is 6.52. The van der Waals surface area contributed by atoms with Crippen LogP contribution in [-0.2, 0) is 16.1 Å². The molecule has 1 fully saturated rings. The molecule has 1 aromatic heterocycles. The lowest BCUT2D eigenvalue weighted by molar-refractivity contribution is -0.140. The predicted octanol–water partition coefficient (Wildman–Crippen LogP) is 5.31. The number of aliphatic hydroxyl groups excluding tert-OH is 1. The Hall–Kier alpha value is -3.80. The Morgan fingerprint density at radius 3 is 2.52 bits per heavy atom. The predicted molar refractivity (Wildman–Crippen MR) is 125 cm³/mol. The molecule has 1 unspecified atom stereocenters. The van der Waals surface area contributed by atoms with Crippen LogP contribution in [-0.4, -0.2) is 28.3 Å². The molecule has 6 heteroatoms. The molecule has 0 spiro atoms. The Morgan fingerprint density at radius 1 is 1.09 bits per heavy atom. The molecule has 0 bridgehead atoms. The van der Waals surface area contributed by atoms with E-state index >= 15 is 0 Å². The summed E-state index contributed by atoms with van der Waals surface area (Å²) in [5, 5.41) is 11.3. The Labute approximate surface area is 193 Å². The number of Topliss-reactive ketones (excluding diaryl/α,β-unsaturated/α-hetero) is 1. The number of carbonyl (C=O) groups is 2. The maximum Gasteiger partial charge on any atom is 0.296 e. The fraction of sp³-hybridized carbons (Fsp3) is 0.259. The summed E-state index contributed by atoms with van der Waals surface area (Å²) >= 11 is 0. The Balaban J connectivity index is 1.83. The highest BCUT2D eigenvalue weighted by Gasteiger charge is 2.46. The van der Waals surface area contributed by atoms with E-state index in [0.29, 0.717) is 29.2 Å². The van der Waals surface area contributed by atoms with Gasteiger partial charge in [-0.1, -0.05) is 36.8 Å². The standard InChI is InChI=1S/C27H27NO5/c1-4-13-32-20-11-9-19(10-12-20)24-23(25(29)22-15-17(2)7-8-18(22)3)26(30)27(31)28(24)16-21-6-5-14-33-21/h5-12,14-15,24,29H,4,13,16H2,1-3H3/b25-23+. The first-order valence-corrected chi connectivity index (χ1v) is 11.0. The Bertz CT molecular complexity index is 1190. The lowest BCUT2D eigenvalue weighted by Gasteiger charge is -2.25. The topological polar surface area (TPSA) is 80.0 Å². The monoisotopic (exact) mass is 445 g/mol. The number of nitrogens with zero attached hydrogens (tertiary/aromatic N) is 1. The van der Waals surface area contributed by atoms with Crippen molar-refractivity contribution in [1.29, 1.82) is 0 Å². The molecule has 33 heavy (non-hydrogen) atoms. The van der Waals surface area contributed by atoms with E-state index in [9.17, 15) is 14.7 Å². The first-order valence-electron chi connectivity index (χ1n) is 11.0. The molecule has 2 heterocycles. The number of hydrogen-bond acceptors (Lipinski definition) is 5. The van der Waals surface area contributed by atoms with E-state index in [-0.39, 0.29) is 17.9 Å². The third-order valence-corrected chi connectivity index (χ3v) is 5.76. The minimum atomic E-state index is -0.754. The molecular formula is C27H27NO5. The molecule has 0 radical (unpaired) electrons. The smallest absolute Gasteiger partial charge is 0.296 e. The minimum absolute atomic E-state index is 0.0717. The molecule has 0 aliphatic carbocycles. The first-order chi connectivity index (χ1) is 15.9. The molecule has 2 aromatic carbocycles. The molecule has 1 aliphatic heterocycles. The van der Waals surface area contributed by atoms with Crippen LogP contribution < -0.4 is 4.74 Å². The van der Waals surface area contributed by atoms with Crippen molar-refractivity contribution in [3.63, 3.8) is 0 Å². The second-order valence-corrected chi connectivity index (χ2v) is 8.24. The maximum absolute atomic E-state index is 13.2. The highest BCUT2D eigenvalue weighted by molar-refractivity contribution is 6.46. The van der Waals surface area contributed by atoms with Gasteiger partial charge in [-0.3, -0.25) is 9.59 Å². The van der Waals surface area contributed by atoms with Crippen molar-refractivity contribution in [1.82, 2.24) is 4.90 Å². The number of aliphatic hydroxyl groups is 1. The quantitative estimate of drug-likeness (QED) is 0.303. The lowest BCUT2D eigenvalue weighted by Crippen LogP contribution is -2.29. The molecule has 1 N–H and O–H groups in total. The van der Waals surface area contributed by atoms with E-state index in [1.807, 2.05) is 63.2 Å². The summed E-state index contributed by atoms with van der Waals surface area (Å²) in [6.07, 6.45) is 2.41. The molecular weight excluding hydrogens is 418 g/mol. The van der Waals surface area contributed by atoms with Crippen molar-refractivity contribution in [3.05, 3.63) is 94.4 Å². The van der Waals surface area contributed by atoms with Crippen LogP contribution in [0.1, 0.15) is 47.4 Å². The van der Waals surface area contributed by atoms with Crippen LogP contribution in [0.25, 0.3) is 5.76 Å². The van der Waals surface area contributed by atoms with Crippen LogP contribution >= 0.6 is 0 Å². The van der Waals surface area contributed by atoms with Gasteiger partial charge in [0, 0.05) is 5.56 Å². The molecule has 1 amide bonds. The van der Waals surface area contributed by atoms with Crippen LogP contribution in [0.4, 0.5) is 0 Å². The van der Waals surface area contributed by atoms with Crippen LogP contribution in [0.3, 0.4) is 0 Å². The van der Waals surface area contributed by atoms with Gasteiger partial charge in [-0.25, -0.2) is 0 Å². The molecule has 1 atom stereocenters. The second kappa shape index (κ2) is 9.36. The summed E-state index contributed by atoms with van der Waals surface area (Å²) in [6, 6.07) is 15.7. The van der Waals surface area contributed by atoms with Gasteiger partial charge in [0.2, 0.25) is 0 Å². The highest BCUT2D eigenvalue weighted by atomic mass is 16.5. The second-order valence-electron chi connectivity index (χ2n) is 8.24. The van der Waals surface area contributed by atoms with Crippen LogP contribution in [0, 0.1) is 13.8 Å². The molecule has 0 saturated carbocycles. The number of hydrogen-bond donors (Lipinski definition) is 1. The summed E-state index contributed by atoms with van der Waals surface area (Å²) < 4.78 is 11.1. The number of furan rings is 1. The van der Waals surface area contributed by atoms with Crippen molar-refractivity contribution >= 4 is 17.4 Å². The Morgan fingerprint density at radius 2 is 1.85 bits per heavy atom. The van der Waals surface area contributed by atoms with Gasteiger partial charge in [0.25, 0.3) is 11.7 Å². The number of rotatable bonds is 7. The number of likely N-dealkylation sites (tertiary alicyclic amines) is 1. The van der Waals surface area contributed by atoms with E-state index in [1.54, 1.807) is 12.1 Å². The van der Waals surface area contributed by atoms with Gasteiger partial charge in [0.05, 0.1) is 31.0 Å². The number of aryl methyl sites for hydroxylation is 2. The van der Waals surface area contributed by atoms with Crippen LogP contribution in [0.2, 0.25) is 0 Å². The molecule has 1 saturated heterocycles. The van der Waals surface area contributed by atoms with Gasteiger partial charge in [-0.15, -0.1) is 0 Å². The third kappa shape index (κ3) is 4.42. The summed E-state index contributed by atoms with van der Waals surface area (Å²) in [7, 11) is 0. The van der Waals surface area contributed by atoms with Gasteiger partial charge in [0.1, 0.15) is 17.3 Å². The number of ether oxygens (including phenoxy) is 1. The number of ketones is 1. The van der Waals surface area contributed by atoms with Crippen LogP contribution in [0.15, 0.2) is 70.9 Å². The van der Waals surface area contributed by atoms with E-state index in [4.69, 9.17) is 9.15 Å². The zero-order chi connectivity index (χ0) is 23.5. The Kier molecular flexibility index (Phi) is 6.36. The van der Waals surface area contributed by atoms with Crippen molar-refractivity contribution in [2.24, 2.45) is 0 Å². The fourth-order valence-corrected chi connectivity index (χ4v) is 4.06.